The molecule has 2 aromatic carbocycles. The number of rotatable bonds is 6. The lowest BCUT2D eigenvalue weighted by Crippen LogP contribution is -2.00. The molecule has 0 fully saturated rings. The molecule has 5 heteroatoms. The molecule has 0 amide bonds. The number of aromatic hydroxyl groups is 1. The smallest absolute Gasteiger partial charge is 0.234 e. The van der Waals surface area contributed by atoms with Gasteiger partial charge in [-0.2, -0.15) is 0 Å². The summed E-state index contributed by atoms with van der Waals surface area (Å²) in [6, 6.07) is 9.40. The SMILES string of the molecule is Cc1cc(CP(=O)(O)CF)cc(C)c1Cc1ccc(O)c(C(C)C)c1. The maximum absolute atomic E-state index is 12.6. The van der Waals surface area contributed by atoms with E-state index < -0.39 is 13.8 Å². The number of phenols is 1. The van der Waals surface area contributed by atoms with Crippen molar-refractivity contribution in [1.82, 2.24) is 0 Å². The minimum atomic E-state index is -3.73. The number of phenolic OH excluding ortho intramolecular Hbond substituents is 1. The van der Waals surface area contributed by atoms with Crippen molar-refractivity contribution in [3.8, 4) is 5.75 Å². The highest BCUT2D eigenvalue weighted by atomic mass is 31.2. The van der Waals surface area contributed by atoms with E-state index in [0.29, 0.717) is 11.3 Å². The Hall–Kier alpha value is -1.64. The summed E-state index contributed by atoms with van der Waals surface area (Å²) in [5.41, 5.74) is 5.92. The van der Waals surface area contributed by atoms with Gasteiger partial charge in [0.15, 0.2) is 6.42 Å². The Kier molecular flexibility index (Phi) is 6.08. The molecule has 0 aliphatic heterocycles. The summed E-state index contributed by atoms with van der Waals surface area (Å²) in [7, 11) is -3.73. The zero-order chi connectivity index (χ0) is 18.8. The Morgan fingerprint density at radius 3 is 2.20 bits per heavy atom. The molecule has 2 aromatic rings. The van der Waals surface area contributed by atoms with Crippen LogP contribution < -0.4 is 0 Å². The second-order valence-corrected chi connectivity index (χ2v) is 9.30. The topological polar surface area (TPSA) is 57.5 Å². The number of alkyl halides is 1. The molecule has 0 saturated carbocycles. The monoisotopic (exact) mass is 364 g/mol. The van der Waals surface area contributed by atoms with Crippen molar-refractivity contribution in [2.24, 2.45) is 0 Å². The van der Waals surface area contributed by atoms with Crippen LogP contribution in [0.4, 0.5) is 4.39 Å². The van der Waals surface area contributed by atoms with E-state index in [1.807, 2.05) is 52.0 Å². The first-order chi connectivity index (χ1) is 11.6. The molecule has 0 spiro atoms. The van der Waals surface area contributed by atoms with E-state index in [1.165, 1.54) is 0 Å². The fourth-order valence-corrected chi connectivity index (χ4v) is 4.00. The van der Waals surface area contributed by atoms with Crippen molar-refractivity contribution < 1.29 is 19.0 Å². The molecule has 2 N–H and O–H groups in total. The van der Waals surface area contributed by atoms with Crippen LogP contribution in [0.5, 0.6) is 5.75 Å². The minimum absolute atomic E-state index is 0.137. The number of hydrogen-bond acceptors (Lipinski definition) is 2. The number of hydrogen-bond donors (Lipinski definition) is 2. The minimum Gasteiger partial charge on any atom is -0.508 e. The fraction of sp³-hybridized carbons (Fsp3) is 0.400. The van der Waals surface area contributed by atoms with Crippen LogP contribution in [0.15, 0.2) is 30.3 Å². The Labute approximate surface area is 149 Å². The van der Waals surface area contributed by atoms with Crippen molar-refractivity contribution in [2.45, 2.75) is 46.2 Å². The lowest BCUT2D eigenvalue weighted by atomic mass is 9.92. The summed E-state index contributed by atoms with van der Waals surface area (Å²) in [5.74, 6) is 0.552. The van der Waals surface area contributed by atoms with E-state index in [-0.39, 0.29) is 12.1 Å². The van der Waals surface area contributed by atoms with E-state index in [0.717, 1.165) is 34.2 Å². The first-order valence-electron chi connectivity index (χ1n) is 8.40. The van der Waals surface area contributed by atoms with Crippen LogP contribution in [-0.4, -0.2) is 16.4 Å². The molecule has 3 nitrogen and oxygen atoms in total. The fourth-order valence-electron chi connectivity index (χ4n) is 3.16. The van der Waals surface area contributed by atoms with E-state index in [9.17, 15) is 19.0 Å². The lowest BCUT2D eigenvalue weighted by Gasteiger charge is -2.16. The molecule has 0 aromatic heterocycles. The quantitative estimate of drug-likeness (QED) is 0.673. The molecule has 0 radical (unpaired) electrons. The molecule has 0 aliphatic carbocycles. The standard InChI is InChI=1S/C20H26FO3P/c1-13(2)18-9-16(5-6-20(18)22)10-19-14(3)7-17(8-15(19)4)11-25(23,24)12-21/h5-9,13,22H,10-12H2,1-4H3,(H,23,24). The molecule has 2 rings (SSSR count). The maximum atomic E-state index is 12.6. The highest BCUT2D eigenvalue weighted by Crippen LogP contribution is 2.44. The molecular formula is C20H26FO3P. The average Bonchev–Trinajstić information content (AvgIpc) is 2.51. The van der Waals surface area contributed by atoms with Gasteiger partial charge in [0.1, 0.15) is 5.75 Å². The average molecular weight is 364 g/mol. The highest BCUT2D eigenvalue weighted by Gasteiger charge is 2.19. The van der Waals surface area contributed by atoms with Gasteiger partial charge in [0.25, 0.3) is 0 Å². The van der Waals surface area contributed by atoms with Gasteiger partial charge >= 0.3 is 0 Å². The summed E-state index contributed by atoms with van der Waals surface area (Å²) in [6.07, 6.45) is -0.613. The van der Waals surface area contributed by atoms with Crippen LogP contribution in [0, 0.1) is 13.8 Å². The van der Waals surface area contributed by atoms with Crippen molar-refractivity contribution >= 4 is 7.37 Å². The zero-order valence-electron chi connectivity index (χ0n) is 15.2. The highest BCUT2D eigenvalue weighted by molar-refractivity contribution is 7.56. The molecule has 25 heavy (non-hydrogen) atoms. The van der Waals surface area contributed by atoms with Crippen LogP contribution in [-0.2, 0) is 17.1 Å². The first kappa shape index (κ1) is 19.7. The largest absolute Gasteiger partial charge is 0.508 e. The van der Waals surface area contributed by atoms with Crippen molar-refractivity contribution in [2.75, 3.05) is 6.42 Å². The van der Waals surface area contributed by atoms with Crippen molar-refractivity contribution in [3.05, 3.63) is 63.7 Å². The predicted octanol–water partition coefficient (Wildman–Crippen LogP) is 5.42. The van der Waals surface area contributed by atoms with Crippen LogP contribution in [0.2, 0.25) is 0 Å². The van der Waals surface area contributed by atoms with E-state index in [4.69, 9.17) is 0 Å². The van der Waals surface area contributed by atoms with Crippen LogP contribution >= 0.6 is 7.37 Å². The molecule has 0 aliphatic rings. The third-order valence-electron chi connectivity index (χ3n) is 4.47. The van der Waals surface area contributed by atoms with E-state index in [2.05, 4.69) is 0 Å². The van der Waals surface area contributed by atoms with Crippen molar-refractivity contribution in [1.29, 1.82) is 0 Å². The normalized spacial score (nSPS) is 13.9. The summed E-state index contributed by atoms with van der Waals surface area (Å²) >= 11 is 0. The predicted molar refractivity (Wildman–Crippen MR) is 100 cm³/mol. The zero-order valence-corrected chi connectivity index (χ0v) is 16.1. The molecule has 1 atom stereocenters. The molecule has 0 bridgehead atoms. The summed E-state index contributed by atoms with van der Waals surface area (Å²) in [5, 5.41) is 9.97. The second kappa shape index (κ2) is 7.72. The second-order valence-electron chi connectivity index (χ2n) is 7.06. The molecule has 0 saturated heterocycles. The van der Waals surface area contributed by atoms with Gasteiger partial charge < -0.3 is 10.00 Å². The molecule has 0 heterocycles. The van der Waals surface area contributed by atoms with Gasteiger partial charge in [0.05, 0.1) is 6.16 Å². The van der Waals surface area contributed by atoms with Gasteiger partial charge in [-0.25, -0.2) is 4.39 Å². The van der Waals surface area contributed by atoms with E-state index in [1.54, 1.807) is 6.07 Å². The molecule has 136 valence electrons. The Morgan fingerprint density at radius 1 is 1.08 bits per heavy atom. The van der Waals surface area contributed by atoms with Crippen LogP contribution in [0.25, 0.3) is 0 Å². The van der Waals surface area contributed by atoms with Crippen LogP contribution in [0.3, 0.4) is 0 Å². The number of benzene rings is 2. The van der Waals surface area contributed by atoms with Gasteiger partial charge in [0, 0.05) is 0 Å². The van der Waals surface area contributed by atoms with Gasteiger partial charge in [0.2, 0.25) is 7.37 Å². The number of aryl methyl sites for hydroxylation is 2. The molecule has 1 unspecified atom stereocenters. The maximum Gasteiger partial charge on any atom is 0.234 e. The molecular weight excluding hydrogens is 338 g/mol. The lowest BCUT2D eigenvalue weighted by molar-refractivity contribution is 0.442. The van der Waals surface area contributed by atoms with Gasteiger partial charge in [-0.15, -0.1) is 0 Å². The first-order valence-corrected chi connectivity index (χ1v) is 10.4. The summed E-state index contributed by atoms with van der Waals surface area (Å²) < 4.78 is 24.3. The third kappa shape index (κ3) is 4.93. The van der Waals surface area contributed by atoms with Crippen LogP contribution in [0.1, 0.15) is 53.1 Å². The van der Waals surface area contributed by atoms with E-state index >= 15 is 0 Å². The van der Waals surface area contributed by atoms with Gasteiger partial charge in [-0.1, -0.05) is 38.1 Å². The van der Waals surface area contributed by atoms with Gasteiger partial charge in [-0.3, -0.25) is 4.57 Å². The third-order valence-corrected chi connectivity index (χ3v) is 5.70. The summed E-state index contributed by atoms with van der Waals surface area (Å²) in [4.78, 5) is 9.53. The van der Waals surface area contributed by atoms with Gasteiger partial charge in [-0.05, 0) is 65.6 Å². The summed E-state index contributed by atoms with van der Waals surface area (Å²) in [6.45, 7) is 8.02. The Bertz CT molecular complexity index is 792. The Morgan fingerprint density at radius 2 is 1.68 bits per heavy atom. The van der Waals surface area contributed by atoms with Crippen molar-refractivity contribution in [3.63, 3.8) is 0 Å². The Balaban J connectivity index is 2.32. The number of halogens is 1.